The summed E-state index contributed by atoms with van der Waals surface area (Å²) in [5.74, 6) is -0.0776. The highest BCUT2D eigenvalue weighted by molar-refractivity contribution is 5.98. The molecular weight excluding hydrogens is 190 g/mol. The molecule has 4 nitrogen and oxygen atoms in total. The van der Waals surface area contributed by atoms with Crippen LogP contribution in [0.4, 0.5) is 5.69 Å². The lowest BCUT2D eigenvalue weighted by atomic mass is 9.98. The zero-order valence-electron chi connectivity index (χ0n) is 8.57. The van der Waals surface area contributed by atoms with Gasteiger partial charge in [0, 0.05) is 18.1 Å². The lowest BCUT2D eigenvalue weighted by molar-refractivity contribution is -0.121. The van der Waals surface area contributed by atoms with Gasteiger partial charge in [-0.3, -0.25) is 9.78 Å². The van der Waals surface area contributed by atoms with Crippen LogP contribution in [0.3, 0.4) is 0 Å². The molecule has 0 atom stereocenters. The van der Waals surface area contributed by atoms with Gasteiger partial charge in [0.2, 0.25) is 5.91 Å². The molecule has 2 rings (SSSR count). The van der Waals surface area contributed by atoms with E-state index in [1.54, 1.807) is 24.5 Å². The molecule has 0 aromatic carbocycles. The summed E-state index contributed by atoms with van der Waals surface area (Å²) in [6, 6.07) is 3.52. The minimum Gasteiger partial charge on any atom is -0.324 e. The number of nitrogens with one attached hydrogen (secondary N) is 1. The standard InChI is InChI=1S/C11H15N3O/c12-11(5-1-2-6-11)10(15)14-9-3-7-13-8-4-9/h3-4,7-8H,1-2,5-6,12H2,(H,13,14,15). The van der Waals surface area contributed by atoms with Gasteiger partial charge in [-0.1, -0.05) is 12.8 Å². The zero-order chi connectivity index (χ0) is 10.7. The number of rotatable bonds is 2. The molecule has 1 heterocycles. The van der Waals surface area contributed by atoms with Gasteiger partial charge in [-0.15, -0.1) is 0 Å². The predicted molar refractivity (Wildman–Crippen MR) is 58.3 cm³/mol. The van der Waals surface area contributed by atoms with Gasteiger partial charge in [-0.25, -0.2) is 0 Å². The van der Waals surface area contributed by atoms with Crippen molar-refractivity contribution in [1.29, 1.82) is 0 Å². The minimum atomic E-state index is -0.663. The minimum absolute atomic E-state index is 0.0776. The fourth-order valence-corrected chi connectivity index (χ4v) is 1.92. The monoisotopic (exact) mass is 205 g/mol. The van der Waals surface area contributed by atoms with Crippen molar-refractivity contribution < 1.29 is 4.79 Å². The van der Waals surface area contributed by atoms with Gasteiger partial charge >= 0.3 is 0 Å². The first-order chi connectivity index (χ1) is 7.21. The largest absolute Gasteiger partial charge is 0.324 e. The molecule has 80 valence electrons. The van der Waals surface area contributed by atoms with Crippen molar-refractivity contribution in [3.8, 4) is 0 Å². The van der Waals surface area contributed by atoms with E-state index >= 15 is 0 Å². The van der Waals surface area contributed by atoms with Crippen LogP contribution in [-0.2, 0) is 4.79 Å². The van der Waals surface area contributed by atoms with Crippen molar-refractivity contribution in [3.05, 3.63) is 24.5 Å². The number of anilines is 1. The highest BCUT2D eigenvalue weighted by Gasteiger charge is 2.36. The molecule has 1 aromatic rings. The number of pyridine rings is 1. The van der Waals surface area contributed by atoms with Gasteiger partial charge in [0.1, 0.15) is 0 Å². The molecular formula is C11H15N3O. The van der Waals surface area contributed by atoms with Gasteiger partial charge in [0.15, 0.2) is 0 Å². The summed E-state index contributed by atoms with van der Waals surface area (Å²) in [5, 5.41) is 2.82. The van der Waals surface area contributed by atoms with Crippen LogP contribution < -0.4 is 11.1 Å². The maximum absolute atomic E-state index is 11.9. The van der Waals surface area contributed by atoms with Crippen LogP contribution in [0.1, 0.15) is 25.7 Å². The fourth-order valence-electron chi connectivity index (χ4n) is 1.92. The average Bonchev–Trinajstić information content (AvgIpc) is 2.68. The van der Waals surface area contributed by atoms with Gasteiger partial charge in [-0.05, 0) is 25.0 Å². The molecule has 1 saturated carbocycles. The first-order valence-electron chi connectivity index (χ1n) is 5.21. The highest BCUT2D eigenvalue weighted by Crippen LogP contribution is 2.28. The van der Waals surface area contributed by atoms with E-state index < -0.39 is 5.54 Å². The van der Waals surface area contributed by atoms with Gasteiger partial charge in [0.05, 0.1) is 5.54 Å². The van der Waals surface area contributed by atoms with Gasteiger partial charge in [0.25, 0.3) is 0 Å². The Bertz CT molecular complexity index is 344. The molecule has 0 bridgehead atoms. The molecule has 0 unspecified atom stereocenters. The van der Waals surface area contributed by atoms with Crippen molar-refractivity contribution in [1.82, 2.24) is 4.98 Å². The maximum Gasteiger partial charge on any atom is 0.244 e. The topological polar surface area (TPSA) is 68.0 Å². The Labute approximate surface area is 88.9 Å². The SMILES string of the molecule is NC1(C(=O)Nc2ccncc2)CCCC1. The molecule has 4 heteroatoms. The number of nitrogens with two attached hydrogens (primary N) is 1. The number of nitrogens with zero attached hydrogens (tertiary/aromatic N) is 1. The number of carbonyl (C=O) groups is 1. The van der Waals surface area contributed by atoms with Crippen molar-refractivity contribution in [3.63, 3.8) is 0 Å². The molecule has 1 aliphatic carbocycles. The van der Waals surface area contributed by atoms with Crippen molar-refractivity contribution in [2.75, 3.05) is 5.32 Å². The number of amides is 1. The molecule has 1 fully saturated rings. The molecule has 1 aromatic heterocycles. The Hall–Kier alpha value is -1.42. The van der Waals surface area contributed by atoms with E-state index in [0.717, 1.165) is 31.4 Å². The van der Waals surface area contributed by atoms with Crippen molar-refractivity contribution in [2.45, 2.75) is 31.2 Å². The fraction of sp³-hybridized carbons (Fsp3) is 0.455. The molecule has 1 amide bonds. The normalized spacial score (nSPS) is 18.7. The summed E-state index contributed by atoms with van der Waals surface area (Å²) in [6.45, 7) is 0. The Morgan fingerprint density at radius 2 is 1.93 bits per heavy atom. The van der Waals surface area contributed by atoms with Crippen molar-refractivity contribution in [2.24, 2.45) is 5.73 Å². The van der Waals surface area contributed by atoms with Crippen LogP contribution in [0.15, 0.2) is 24.5 Å². The number of aromatic nitrogens is 1. The van der Waals surface area contributed by atoms with Crippen LogP contribution >= 0.6 is 0 Å². The second-order valence-corrected chi connectivity index (χ2v) is 4.05. The third-order valence-corrected chi connectivity index (χ3v) is 2.89. The number of carbonyl (C=O) groups excluding carboxylic acids is 1. The number of hydrogen-bond acceptors (Lipinski definition) is 3. The summed E-state index contributed by atoms with van der Waals surface area (Å²) in [6.07, 6.45) is 6.94. The van der Waals surface area contributed by atoms with Crippen molar-refractivity contribution >= 4 is 11.6 Å². The molecule has 0 radical (unpaired) electrons. The van der Waals surface area contributed by atoms with Gasteiger partial charge in [-0.2, -0.15) is 0 Å². The highest BCUT2D eigenvalue weighted by atomic mass is 16.2. The lowest BCUT2D eigenvalue weighted by Gasteiger charge is -2.22. The van der Waals surface area contributed by atoms with Gasteiger partial charge < -0.3 is 11.1 Å². The van der Waals surface area contributed by atoms with Crippen LogP contribution in [0.5, 0.6) is 0 Å². The quantitative estimate of drug-likeness (QED) is 0.764. The predicted octanol–water partition coefficient (Wildman–Crippen LogP) is 1.29. The Morgan fingerprint density at radius 3 is 2.53 bits per heavy atom. The van der Waals surface area contributed by atoms with E-state index in [1.165, 1.54) is 0 Å². The van der Waals surface area contributed by atoms with E-state index in [-0.39, 0.29) is 5.91 Å². The molecule has 0 saturated heterocycles. The molecule has 0 spiro atoms. The number of hydrogen-bond donors (Lipinski definition) is 2. The van der Waals surface area contributed by atoms with Crippen LogP contribution in [-0.4, -0.2) is 16.4 Å². The van der Waals surface area contributed by atoms with E-state index in [1.807, 2.05) is 0 Å². The van der Waals surface area contributed by atoms with Crippen LogP contribution in [0, 0.1) is 0 Å². The maximum atomic E-state index is 11.9. The summed E-state index contributed by atoms with van der Waals surface area (Å²) in [5.41, 5.74) is 6.12. The third kappa shape index (κ3) is 2.15. The van der Waals surface area contributed by atoms with E-state index in [2.05, 4.69) is 10.3 Å². The second-order valence-electron chi connectivity index (χ2n) is 4.05. The average molecular weight is 205 g/mol. The molecule has 15 heavy (non-hydrogen) atoms. The van der Waals surface area contributed by atoms with E-state index in [4.69, 9.17) is 5.73 Å². The first-order valence-corrected chi connectivity index (χ1v) is 5.21. The Kier molecular flexibility index (Phi) is 2.68. The van der Waals surface area contributed by atoms with Crippen LogP contribution in [0.25, 0.3) is 0 Å². The summed E-state index contributed by atoms with van der Waals surface area (Å²) in [7, 11) is 0. The molecule has 0 aliphatic heterocycles. The lowest BCUT2D eigenvalue weighted by Crippen LogP contribution is -2.48. The van der Waals surface area contributed by atoms with Crippen LogP contribution in [0.2, 0.25) is 0 Å². The Balaban J connectivity index is 2.04. The zero-order valence-corrected chi connectivity index (χ0v) is 8.57. The summed E-state index contributed by atoms with van der Waals surface area (Å²) in [4.78, 5) is 15.8. The molecule has 1 aliphatic rings. The summed E-state index contributed by atoms with van der Waals surface area (Å²) >= 11 is 0. The van der Waals surface area contributed by atoms with E-state index in [9.17, 15) is 4.79 Å². The first kappa shape index (κ1) is 10.1. The van der Waals surface area contributed by atoms with E-state index in [0.29, 0.717) is 0 Å². The smallest absolute Gasteiger partial charge is 0.244 e. The molecule has 3 N–H and O–H groups in total. The second kappa shape index (κ2) is 3.98. The third-order valence-electron chi connectivity index (χ3n) is 2.89. The Morgan fingerprint density at radius 1 is 1.33 bits per heavy atom. The summed E-state index contributed by atoms with van der Waals surface area (Å²) < 4.78 is 0.